The van der Waals surface area contributed by atoms with E-state index in [2.05, 4.69) is 28.9 Å². The summed E-state index contributed by atoms with van der Waals surface area (Å²) in [5.41, 5.74) is 3.62. The average Bonchev–Trinajstić information content (AvgIpc) is 3.10. The van der Waals surface area contributed by atoms with E-state index in [1.54, 1.807) is 30.0 Å². The molecule has 4 rings (SSSR count). The number of hydrogen-bond acceptors (Lipinski definition) is 6. The maximum atomic E-state index is 12.1. The van der Waals surface area contributed by atoms with Gasteiger partial charge in [-0.3, -0.25) is 9.47 Å². The van der Waals surface area contributed by atoms with Gasteiger partial charge in [-0.15, -0.1) is 0 Å². The first-order chi connectivity index (χ1) is 14.7. The fourth-order valence-corrected chi connectivity index (χ4v) is 4.30. The highest BCUT2D eigenvalue weighted by Crippen LogP contribution is 2.35. The topological polar surface area (TPSA) is 69.7 Å². The quantitative estimate of drug-likeness (QED) is 0.500. The van der Waals surface area contributed by atoms with Crippen molar-refractivity contribution in [2.75, 3.05) is 26.8 Å². The molecule has 160 valence electrons. The van der Waals surface area contributed by atoms with Gasteiger partial charge >= 0.3 is 5.76 Å². The van der Waals surface area contributed by atoms with Gasteiger partial charge in [-0.25, -0.2) is 9.78 Å². The Kier molecular flexibility index (Phi) is 6.50. The fraction of sp³-hybridized carbons (Fsp3) is 0.478. The van der Waals surface area contributed by atoms with Gasteiger partial charge in [0.2, 0.25) is 0 Å². The van der Waals surface area contributed by atoms with Crippen molar-refractivity contribution in [3.63, 3.8) is 0 Å². The lowest BCUT2D eigenvalue weighted by Crippen LogP contribution is -2.36. The SMILES string of the molecule is CCCN(CCCCn1c(=O)oc2cccnc21)C1COCc2c(OC)cccc21. The summed E-state index contributed by atoms with van der Waals surface area (Å²) in [5, 5.41) is 0. The zero-order valence-corrected chi connectivity index (χ0v) is 17.7. The van der Waals surface area contributed by atoms with Crippen molar-refractivity contribution in [3.8, 4) is 5.75 Å². The highest BCUT2D eigenvalue weighted by atomic mass is 16.5. The maximum Gasteiger partial charge on any atom is 0.421 e. The summed E-state index contributed by atoms with van der Waals surface area (Å²) in [6.45, 7) is 6.03. The molecule has 1 aromatic carbocycles. The molecule has 1 aliphatic rings. The van der Waals surface area contributed by atoms with Crippen LogP contribution in [0.2, 0.25) is 0 Å². The van der Waals surface area contributed by atoms with Crippen molar-refractivity contribution < 1.29 is 13.9 Å². The number of unbranched alkanes of at least 4 members (excludes halogenated alkanes) is 1. The van der Waals surface area contributed by atoms with Gasteiger partial charge in [0.25, 0.3) is 0 Å². The van der Waals surface area contributed by atoms with Crippen LogP contribution in [0.1, 0.15) is 43.4 Å². The van der Waals surface area contributed by atoms with Gasteiger partial charge in [-0.05, 0) is 56.1 Å². The molecule has 0 saturated heterocycles. The Balaban J connectivity index is 1.43. The molecule has 2 aromatic heterocycles. The second-order valence-corrected chi connectivity index (χ2v) is 7.65. The molecule has 7 nitrogen and oxygen atoms in total. The molecule has 1 atom stereocenters. The Morgan fingerprint density at radius 2 is 2.13 bits per heavy atom. The largest absolute Gasteiger partial charge is 0.496 e. The van der Waals surface area contributed by atoms with E-state index >= 15 is 0 Å². The Morgan fingerprint density at radius 3 is 2.97 bits per heavy atom. The normalized spacial score (nSPS) is 16.2. The van der Waals surface area contributed by atoms with Gasteiger partial charge in [0.1, 0.15) is 5.75 Å². The van der Waals surface area contributed by atoms with Crippen LogP contribution in [0.25, 0.3) is 11.2 Å². The number of nitrogens with zero attached hydrogens (tertiary/aromatic N) is 3. The number of benzene rings is 1. The molecule has 30 heavy (non-hydrogen) atoms. The van der Waals surface area contributed by atoms with Crippen LogP contribution in [0.15, 0.2) is 45.7 Å². The van der Waals surface area contributed by atoms with Gasteiger partial charge in [0, 0.05) is 18.3 Å². The van der Waals surface area contributed by atoms with Crippen molar-refractivity contribution in [1.29, 1.82) is 0 Å². The highest BCUT2D eigenvalue weighted by Gasteiger charge is 2.27. The lowest BCUT2D eigenvalue weighted by Gasteiger charge is -2.36. The first-order valence-corrected chi connectivity index (χ1v) is 10.6. The number of pyridine rings is 1. The summed E-state index contributed by atoms with van der Waals surface area (Å²) in [6.07, 6.45) is 4.61. The summed E-state index contributed by atoms with van der Waals surface area (Å²) < 4.78 is 18.4. The second kappa shape index (κ2) is 9.45. The zero-order chi connectivity index (χ0) is 20.9. The minimum atomic E-state index is -0.337. The van der Waals surface area contributed by atoms with Gasteiger partial charge in [-0.2, -0.15) is 0 Å². The first kappa shape index (κ1) is 20.6. The van der Waals surface area contributed by atoms with E-state index in [4.69, 9.17) is 13.9 Å². The van der Waals surface area contributed by atoms with E-state index < -0.39 is 0 Å². The molecule has 0 bridgehead atoms. The van der Waals surface area contributed by atoms with Crippen molar-refractivity contribution in [1.82, 2.24) is 14.5 Å². The second-order valence-electron chi connectivity index (χ2n) is 7.65. The Hall–Kier alpha value is -2.64. The Bertz CT molecular complexity index is 1040. The van der Waals surface area contributed by atoms with E-state index in [0.717, 1.165) is 43.7 Å². The predicted molar refractivity (Wildman–Crippen MR) is 115 cm³/mol. The van der Waals surface area contributed by atoms with Crippen molar-refractivity contribution in [2.24, 2.45) is 0 Å². The summed E-state index contributed by atoms with van der Waals surface area (Å²) >= 11 is 0. The molecular weight excluding hydrogens is 382 g/mol. The minimum Gasteiger partial charge on any atom is -0.496 e. The number of oxazole rings is 1. The van der Waals surface area contributed by atoms with E-state index in [9.17, 15) is 4.79 Å². The van der Waals surface area contributed by atoms with Crippen LogP contribution in [0.3, 0.4) is 0 Å². The number of ether oxygens (including phenoxy) is 2. The highest BCUT2D eigenvalue weighted by molar-refractivity contribution is 5.67. The fourth-order valence-electron chi connectivity index (χ4n) is 4.30. The third-order valence-corrected chi connectivity index (χ3v) is 5.72. The first-order valence-electron chi connectivity index (χ1n) is 10.6. The van der Waals surface area contributed by atoms with E-state index in [1.807, 2.05) is 6.07 Å². The zero-order valence-electron chi connectivity index (χ0n) is 17.7. The van der Waals surface area contributed by atoms with Crippen LogP contribution in [0.5, 0.6) is 5.75 Å². The van der Waals surface area contributed by atoms with Crippen molar-refractivity contribution >= 4 is 11.2 Å². The molecule has 0 amide bonds. The number of aromatic nitrogens is 2. The lowest BCUT2D eigenvalue weighted by molar-refractivity contribution is 0.0300. The smallest absolute Gasteiger partial charge is 0.421 e. The van der Waals surface area contributed by atoms with Crippen molar-refractivity contribution in [3.05, 3.63) is 58.2 Å². The maximum absolute atomic E-state index is 12.1. The third-order valence-electron chi connectivity index (χ3n) is 5.72. The van der Waals surface area contributed by atoms with Crippen LogP contribution in [-0.2, 0) is 17.9 Å². The molecule has 3 heterocycles. The molecular formula is C23H29N3O4. The van der Waals surface area contributed by atoms with Crippen LogP contribution in [0, 0.1) is 0 Å². The molecule has 7 heteroatoms. The average molecular weight is 412 g/mol. The predicted octanol–water partition coefficient (Wildman–Crippen LogP) is 3.76. The van der Waals surface area contributed by atoms with Crippen LogP contribution >= 0.6 is 0 Å². The van der Waals surface area contributed by atoms with E-state index in [0.29, 0.717) is 31.0 Å². The summed E-state index contributed by atoms with van der Waals surface area (Å²) in [7, 11) is 1.71. The number of methoxy groups -OCH3 is 1. The summed E-state index contributed by atoms with van der Waals surface area (Å²) in [5.74, 6) is 0.558. The van der Waals surface area contributed by atoms with E-state index in [1.165, 1.54) is 5.56 Å². The minimum absolute atomic E-state index is 0.225. The van der Waals surface area contributed by atoms with Crippen LogP contribution in [0.4, 0.5) is 0 Å². The van der Waals surface area contributed by atoms with E-state index in [-0.39, 0.29) is 11.8 Å². The molecule has 0 saturated carbocycles. The standard InChI is InChI=1S/C23H29N3O4/c1-3-12-25(19-16-29-15-18-17(19)8-6-9-20(18)28-2)13-4-5-14-26-22-21(30-23(26)27)10-7-11-24-22/h6-11,19H,3-5,12-16H2,1-2H3. The molecule has 0 spiro atoms. The van der Waals surface area contributed by atoms with Gasteiger partial charge in [0.05, 0.1) is 26.4 Å². The van der Waals surface area contributed by atoms with Gasteiger partial charge < -0.3 is 13.9 Å². The monoisotopic (exact) mass is 411 g/mol. The molecule has 1 unspecified atom stereocenters. The number of fused-ring (bicyclic) bond motifs is 2. The summed E-state index contributed by atoms with van der Waals surface area (Å²) in [4.78, 5) is 18.9. The molecule has 0 N–H and O–H groups in total. The molecule has 0 fully saturated rings. The van der Waals surface area contributed by atoms with Crippen LogP contribution in [-0.4, -0.2) is 41.3 Å². The van der Waals surface area contributed by atoms with Crippen molar-refractivity contribution in [2.45, 2.75) is 45.4 Å². The van der Waals surface area contributed by atoms with Gasteiger partial charge in [0.15, 0.2) is 11.2 Å². The number of rotatable bonds is 9. The number of hydrogen-bond donors (Lipinski definition) is 0. The molecule has 0 aliphatic carbocycles. The molecule has 3 aromatic rings. The molecule has 0 radical (unpaired) electrons. The lowest BCUT2D eigenvalue weighted by atomic mass is 9.96. The Labute approximate surface area is 176 Å². The van der Waals surface area contributed by atoms with Crippen LogP contribution < -0.4 is 10.5 Å². The molecule has 1 aliphatic heterocycles. The Morgan fingerprint density at radius 1 is 1.23 bits per heavy atom. The third kappa shape index (κ3) is 4.13. The number of aryl methyl sites for hydroxylation is 1. The van der Waals surface area contributed by atoms with Gasteiger partial charge in [-0.1, -0.05) is 19.1 Å². The summed E-state index contributed by atoms with van der Waals surface area (Å²) in [6, 6.07) is 10.0.